The first kappa shape index (κ1) is 17.5. The van der Waals surface area contributed by atoms with Crippen molar-refractivity contribution >= 4 is 11.9 Å². The molecule has 1 aromatic heterocycles. The predicted octanol–water partition coefficient (Wildman–Crippen LogP) is 1.75. The number of carbonyl (C=O) groups is 2. The second-order valence-electron chi connectivity index (χ2n) is 7.32. The van der Waals surface area contributed by atoms with E-state index in [1.807, 2.05) is 4.90 Å². The van der Waals surface area contributed by atoms with Gasteiger partial charge in [0.15, 0.2) is 0 Å². The number of urea groups is 1. The lowest BCUT2D eigenvalue weighted by molar-refractivity contribution is 0.0100. The second kappa shape index (κ2) is 6.90. The van der Waals surface area contributed by atoms with Crippen LogP contribution < -0.4 is 10.1 Å². The van der Waals surface area contributed by atoms with Crippen LogP contribution in [0.4, 0.5) is 4.79 Å². The van der Waals surface area contributed by atoms with Crippen molar-refractivity contribution in [2.75, 3.05) is 34.3 Å². The highest BCUT2D eigenvalue weighted by molar-refractivity contribution is 5.96. The van der Waals surface area contributed by atoms with E-state index < -0.39 is 0 Å². The molecule has 2 heterocycles. The van der Waals surface area contributed by atoms with Crippen molar-refractivity contribution in [3.63, 3.8) is 0 Å². The zero-order valence-corrected chi connectivity index (χ0v) is 15.1. The Morgan fingerprint density at radius 1 is 1.32 bits per heavy atom. The smallest absolute Gasteiger partial charge is 0.317 e. The molecule has 1 spiro atoms. The maximum Gasteiger partial charge on any atom is 0.317 e. The van der Waals surface area contributed by atoms with Gasteiger partial charge >= 0.3 is 6.03 Å². The molecule has 1 saturated heterocycles. The summed E-state index contributed by atoms with van der Waals surface area (Å²) in [5, 5.41) is 3.05. The van der Waals surface area contributed by atoms with Crippen molar-refractivity contribution < 1.29 is 14.3 Å². The third-order valence-corrected chi connectivity index (χ3v) is 5.44. The molecule has 2 fully saturated rings. The Balaban J connectivity index is 1.53. The van der Waals surface area contributed by atoms with Crippen LogP contribution in [0.3, 0.4) is 0 Å². The topological polar surface area (TPSA) is 74.8 Å². The van der Waals surface area contributed by atoms with Crippen molar-refractivity contribution in [2.24, 2.45) is 5.41 Å². The monoisotopic (exact) mass is 346 g/mol. The maximum atomic E-state index is 12.7. The molecular weight excluding hydrogens is 320 g/mol. The minimum absolute atomic E-state index is 0.00545. The molecule has 1 aliphatic carbocycles. The van der Waals surface area contributed by atoms with Crippen LogP contribution in [-0.4, -0.2) is 67.1 Å². The molecule has 1 N–H and O–H groups in total. The third kappa shape index (κ3) is 3.55. The summed E-state index contributed by atoms with van der Waals surface area (Å²) in [6, 6.07) is 1.94. The molecule has 3 rings (SSSR count). The largest absolute Gasteiger partial charge is 0.494 e. The number of likely N-dealkylation sites (tertiary alicyclic amines) is 1. The van der Waals surface area contributed by atoms with Crippen LogP contribution in [0.1, 0.15) is 36.0 Å². The lowest BCUT2D eigenvalue weighted by Gasteiger charge is -2.52. The highest BCUT2D eigenvalue weighted by atomic mass is 16.5. The number of pyridine rings is 1. The molecule has 3 amide bonds. The molecule has 25 heavy (non-hydrogen) atoms. The van der Waals surface area contributed by atoms with E-state index in [4.69, 9.17) is 4.74 Å². The van der Waals surface area contributed by atoms with Gasteiger partial charge in [-0.05, 0) is 37.2 Å². The van der Waals surface area contributed by atoms with Gasteiger partial charge in [0.2, 0.25) is 0 Å². The van der Waals surface area contributed by atoms with E-state index in [2.05, 4.69) is 10.3 Å². The number of nitrogens with zero attached hydrogens (tertiary/aromatic N) is 3. The summed E-state index contributed by atoms with van der Waals surface area (Å²) in [5.74, 6) is 0.522. The molecule has 0 unspecified atom stereocenters. The normalized spacial score (nSPS) is 19.2. The second-order valence-corrected chi connectivity index (χ2v) is 7.32. The van der Waals surface area contributed by atoms with Gasteiger partial charge in [-0.1, -0.05) is 0 Å². The first-order valence-electron chi connectivity index (χ1n) is 8.69. The van der Waals surface area contributed by atoms with Gasteiger partial charge in [0.05, 0.1) is 18.9 Å². The van der Waals surface area contributed by atoms with Crippen molar-refractivity contribution in [3.05, 3.63) is 24.0 Å². The highest BCUT2D eigenvalue weighted by Crippen LogP contribution is 2.49. The Bertz CT molecular complexity index is 645. The van der Waals surface area contributed by atoms with E-state index in [1.165, 1.54) is 0 Å². The van der Waals surface area contributed by atoms with Crippen LogP contribution in [0.5, 0.6) is 5.75 Å². The molecule has 0 radical (unpaired) electrons. The third-order valence-electron chi connectivity index (χ3n) is 5.44. The Morgan fingerprint density at radius 3 is 2.60 bits per heavy atom. The van der Waals surface area contributed by atoms with Crippen LogP contribution in [0.15, 0.2) is 18.5 Å². The molecule has 136 valence electrons. The van der Waals surface area contributed by atoms with E-state index >= 15 is 0 Å². The highest BCUT2D eigenvalue weighted by Gasteiger charge is 2.47. The molecule has 1 aromatic rings. The zero-order chi connectivity index (χ0) is 18.0. The van der Waals surface area contributed by atoms with Crippen molar-refractivity contribution in [1.29, 1.82) is 0 Å². The quantitative estimate of drug-likeness (QED) is 0.905. The SMILES string of the molecule is COc1cnccc1C(=O)N1CCC2(CC1)CC(NC(=O)N(C)C)C2. The number of aromatic nitrogens is 1. The van der Waals surface area contributed by atoms with E-state index in [9.17, 15) is 9.59 Å². The minimum atomic E-state index is -0.0303. The van der Waals surface area contributed by atoms with Gasteiger partial charge in [-0.2, -0.15) is 0 Å². The molecule has 7 nitrogen and oxygen atoms in total. The average molecular weight is 346 g/mol. The molecule has 0 bridgehead atoms. The first-order valence-corrected chi connectivity index (χ1v) is 8.69. The molecule has 1 saturated carbocycles. The number of piperidine rings is 1. The molecule has 0 aromatic carbocycles. The Morgan fingerprint density at radius 2 is 2.00 bits per heavy atom. The van der Waals surface area contributed by atoms with Gasteiger partial charge in [0.1, 0.15) is 5.75 Å². The summed E-state index contributed by atoms with van der Waals surface area (Å²) < 4.78 is 5.25. The number of nitrogens with one attached hydrogen (secondary N) is 1. The van der Waals surface area contributed by atoms with Gasteiger partial charge in [0, 0.05) is 39.4 Å². The standard InChI is InChI=1S/C18H26N4O3/c1-21(2)17(24)20-13-10-18(11-13)5-8-22(9-6-18)16(23)14-4-7-19-12-15(14)25-3/h4,7,12-13H,5-6,8-11H2,1-3H3,(H,20,24). The Kier molecular flexibility index (Phi) is 4.83. The molecule has 7 heteroatoms. The van der Waals surface area contributed by atoms with Gasteiger partial charge in [-0.15, -0.1) is 0 Å². The number of rotatable bonds is 3. The number of ether oxygens (including phenoxy) is 1. The fraction of sp³-hybridized carbons (Fsp3) is 0.611. The lowest BCUT2D eigenvalue weighted by Crippen LogP contribution is -2.56. The predicted molar refractivity (Wildman–Crippen MR) is 93.6 cm³/mol. The van der Waals surface area contributed by atoms with Gasteiger partial charge in [-0.25, -0.2) is 4.79 Å². The van der Waals surface area contributed by atoms with Crippen molar-refractivity contribution in [1.82, 2.24) is 20.1 Å². The van der Waals surface area contributed by atoms with Crippen LogP contribution >= 0.6 is 0 Å². The van der Waals surface area contributed by atoms with Crippen LogP contribution in [0.25, 0.3) is 0 Å². The number of hydrogen-bond donors (Lipinski definition) is 1. The maximum absolute atomic E-state index is 12.7. The lowest BCUT2D eigenvalue weighted by atomic mass is 9.60. The summed E-state index contributed by atoms with van der Waals surface area (Å²) in [6.07, 6.45) is 7.18. The summed E-state index contributed by atoms with van der Waals surface area (Å²) in [6.45, 7) is 1.50. The van der Waals surface area contributed by atoms with Gasteiger partial charge in [0.25, 0.3) is 5.91 Å². The first-order chi connectivity index (χ1) is 11.9. The summed E-state index contributed by atoms with van der Waals surface area (Å²) in [7, 11) is 5.05. The van der Waals surface area contributed by atoms with E-state index in [-0.39, 0.29) is 23.4 Å². The number of amides is 3. The molecular formula is C18H26N4O3. The van der Waals surface area contributed by atoms with Crippen molar-refractivity contribution in [2.45, 2.75) is 31.7 Å². The number of methoxy groups -OCH3 is 1. The number of hydrogen-bond acceptors (Lipinski definition) is 4. The Hall–Kier alpha value is -2.31. The fourth-order valence-electron chi connectivity index (χ4n) is 3.87. The Labute approximate surface area is 148 Å². The summed E-state index contributed by atoms with van der Waals surface area (Å²) >= 11 is 0. The van der Waals surface area contributed by atoms with E-state index in [1.54, 1.807) is 44.6 Å². The molecule has 2 aliphatic rings. The van der Waals surface area contributed by atoms with Gasteiger partial charge < -0.3 is 19.9 Å². The van der Waals surface area contributed by atoms with Crippen LogP contribution in [-0.2, 0) is 0 Å². The van der Waals surface area contributed by atoms with E-state index in [0.29, 0.717) is 11.3 Å². The number of carbonyl (C=O) groups excluding carboxylic acids is 2. The van der Waals surface area contributed by atoms with Gasteiger partial charge in [-0.3, -0.25) is 9.78 Å². The van der Waals surface area contributed by atoms with Crippen molar-refractivity contribution in [3.8, 4) is 5.75 Å². The van der Waals surface area contributed by atoms with Crippen LogP contribution in [0, 0.1) is 5.41 Å². The van der Waals surface area contributed by atoms with E-state index in [0.717, 1.165) is 38.8 Å². The zero-order valence-electron chi connectivity index (χ0n) is 15.1. The fourth-order valence-corrected chi connectivity index (χ4v) is 3.87. The summed E-state index contributed by atoms with van der Waals surface area (Å²) in [5.41, 5.74) is 0.849. The van der Waals surface area contributed by atoms with Crippen LogP contribution in [0.2, 0.25) is 0 Å². The minimum Gasteiger partial charge on any atom is -0.494 e. The molecule has 1 aliphatic heterocycles. The summed E-state index contributed by atoms with van der Waals surface area (Å²) in [4.78, 5) is 31.9. The average Bonchev–Trinajstić information content (AvgIpc) is 2.60. The molecule has 0 atom stereocenters.